The predicted molar refractivity (Wildman–Crippen MR) is 67.1 cm³/mol. The molecule has 1 aromatic heterocycles. The first-order valence-corrected chi connectivity index (χ1v) is 5.63. The van der Waals surface area contributed by atoms with Crippen molar-refractivity contribution in [2.45, 2.75) is 13.8 Å². The van der Waals surface area contributed by atoms with Gasteiger partial charge in [-0.15, -0.1) is 0 Å². The third-order valence-corrected chi connectivity index (χ3v) is 2.57. The molecule has 0 saturated carbocycles. The van der Waals surface area contributed by atoms with Crippen molar-refractivity contribution in [3.8, 4) is 11.6 Å². The first-order valence-electron chi connectivity index (χ1n) is 5.63. The Bertz CT molecular complexity index is 641. The molecule has 1 heterocycles. The number of aryl methyl sites for hydroxylation is 2. The lowest BCUT2D eigenvalue weighted by Crippen LogP contribution is -2.06. The molecule has 4 nitrogen and oxygen atoms in total. The molecule has 1 N–H and O–H groups in total. The van der Waals surface area contributed by atoms with Gasteiger partial charge in [0.25, 0.3) is 0 Å². The summed E-state index contributed by atoms with van der Waals surface area (Å²) >= 11 is 0. The van der Waals surface area contributed by atoms with Gasteiger partial charge in [0, 0.05) is 5.69 Å². The van der Waals surface area contributed by atoms with Crippen molar-refractivity contribution in [1.29, 1.82) is 0 Å². The molecule has 0 radical (unpaired) electrons. The summed E-state index contributed by atoms with van der Waals surface area (Å²) in [6, 6.07) is 7.41. The lowest BCUT2D eigenvalue weighted by Gasteiger charge is -2.11. The van der Waals surface area contributed by atoms with E-state index in [0.29, 0.717) is 11.3 Å². The van der Waals surface area contributed by atoms with Crippen LogP contribution in [0.15, 0.2) is 30.3 Å². The highest BCUT2D eigenvalue weighted by Crippen LogP contribution is 2.28. The lowest BCUT2D eigenvalue weighted by atomic mass is 10.1. The molecule has 5 heteroatoms. The summed E-state index contributed by atoms with van der Waals surface area (Å²) in [6.45, 7) is 3.36. The first kappa shape index (κ1) is 13.0. The number of carbonyl (C=O) groups is 1. The van der Waals surface area contributed by atoms with E-state index in [1.807, 2.05) is 0 Å². The Balaban J connectivity index is 2.51. The van der Waals surface area contributed by atoms with Crippen LogP contribution in [-0.2, 0) is 0 Å². The minimum atomic E-state index is -1.16. The second-order valence-corrected chi connectivity index (χ2v) is 4.10. The van der Waals surface area contributed by atoms with E-state index < -0.39 is 11.8 Å². The largest absolute Gasteiger partial charge is 0.477 e. The first-order chi connectivity index (χ1) is 8.99. The number of halogens is 1. The molecule has 1 aromatic carbocycles. The van der Waals surface area contributed by atoms with Crippen LogP contribution in [0.4, 0.5) is 4.39 Å². The summed E-state index contributed by atoms with van der Waals surface area (Å²) in [6.07, 6.45) is 0. The molecule has 0 atom stereocenters. The summed E-state index contributed by atoms with van der Waals surface area (Å²) in [4.78, 5) is 15.2. The maximum absolute atomic E-state index is 13.5. The SMILES string of the molecule is Cc1cc(C)c(C(=O)O)c(Oc2ccccc2F)n1. The molecular weight excluding hydrogens is 249 g/mol. The molecule has 0 fully saturated rings. The quantitative estimate of drug-likeness (QED) is 0.920. The molecule has 0 unspecified atom stereocenters. The average molecular weight is 261 g/mol. The summed E-state index contributed by atoms with van der Waals surface area (Å²) in [7, 11) is 0. The zero-order valence-corrected chi connectivity index (χ0v) is 10.5. The molecule has 0 spiro atoms. The second-order valence-electron chi connectivity index (χ2n) is 4.10. The van der Waals surface area contributed by atoms with Crippen LogP contribution >= 0.6 is 0 Å². The molecule has 0 bridgehead atoms. The Kier molecular flexibility index (Phi) is 3.46. The van der Waals surface area contributed by atoms with Crippen LogP contribution in [0.1, 0.15) is 21.6 Å². The molecule has 0 saturated heterocycles. The number of para-hydroxylation sites is 1. The topological polar surface area (TPSA) is 59.4 Å². The number of carboxylic acids is 1. The molecule has 19 heavy (non-hydrogen) atoms. The van der Waals surface area contributed by atoms with Gasteiger partial charge in [-0.05, 0) is 37.6 Å². The maximum atomic E-state index is 13.5. The number of benzene rings is 1. The number of ether oxygens (including phenoxy) is 1. The summed E-state index contributed by atoms with van der Waals surface area (Å²) in [5, 5.41) is 9.17. The lowest BCUT2D eigenvalue weighted by molar-refractivity contribution is 0.0692. The van der Waals surface area contributed by atoms with Crippen molar-refractivity contribution >= 4 is 5.97 Å². The third-order valence-electron chi connectivity index (χ3n) is 2.57. The van der Waals surface area contributed by atoms with Crippen molar-refractivity contribution in [3.63, 3.8) is 0 Å². The normalized spacial score (nSPS) is 10.3. The van der Waals surface area contributed by atoms with E-state index in [0.717, 1.165) is 0 Å². The van der Waals surface area contributed by atoms with Crippen LogP contribution in [-0.4, -0.2) is 16.1 Å². The zero-order chi connectivity index (χ0) is 14.0. The highest BCUT2D eigenvalue weighted by Gasteiger charge is 2.18. The van der Waals surface area contributed by atoms with E-state index in [4.69, 9.17) is 4.74 Å². The second kappa shape index (κ2) is 5.06. The highest BCUT2D eigenvalue weighted by molar-refractivity contribution is 5.92. The number of rotatable bonds is 3. The van der Waals surface area contributed by atoms with Gasteiger partial charge >= 0.3 is 5.97 Å². The van der Waals surface area contributed by atoms with E-state index in [9.17, 15) is 14.3 Å². The zero-order valence-electron chi connectivity index (χ0n) is 10.5. The summed E-state index contributed by atoms with van der Waals surface area (Å²) in [5.41, 5.74) is 1.06. The monoisotopic (exact) mass is 261 g/mol. The maximum Gasteiger partial charge on any atom is 0.341 e. The molecule has 98 valence electrons. The fourth-order valence-electron chi connectivity index (χ4n) is 1.77. The van der Waals surface area contributed by atoms with Gasteiger partial charge in [-0.25, -0.2) is 14.2 Å². The highest BCUT2D eigenvalue weighted by atomic mass is 19.1. The summed E-state index contributed by atoms with van der Waals surface area (Å²) in [5.74, 6) is -1.88. The molecule has 0 aliphatic heterocycles. The van der Waals surface area contributed by atoms with E-state index in [1.165, 1.54) is 18.2 Å². The van der Waals surface area contributed by atoms with Gasteiger partial charge in [0.2, 0.25) is 5.88 Å². The minimum absolute atomic E-state index is 0.0532. The van der Waals surface area contributed by atoms with E-state index >= 15 is 0 Å². The predicted octanol–water partition coefficient (Wildman–Crippen LogP) is 3.33. The van der Waals surface area contributed by atoms with Gasteiger partial charge in [-0.3, -0.25) is 0 Å². The Morgan fingerprint density at radius 1 is 1.32 bits per heavy atom. The van der Waals surface area contributed by atoms with Crippen LogP contribution in [0.3, 0.4) is 0 Å². The van der Waals surface area contributed by atoms with Crippen molar-refractivity contribution < 1.29 is 19.0 Å². The van der Waals surface area contributed by atoms with E-state index in [1.54, 1.807) is 26.0 Å². The number of carboxylic acid groups (broad SMARTS) is 1. The van der Waals surface area contributed by atoms with E-state index in [-0.39, 0.29) is 17.2 Å². The van der Waals surface area contributed by atoms with Gasteiger partial charge < -0.3 is 9.84 Å². The molecular formula is C14H12FNO3. The number of aromatic nitrogens is 1. The fourth-order valence-corrected chi connectivity index (χ4v) is 1.77. The molecule has 0 aliphatic carbocycles. The van der Waals surface area contributed by atoms with Gasteiger partial charge in [0.15, 0.2) is 11.6 Å². The van der Waals surface area contributed by atoms with Crippen molar-refractivity contribution in [3.05, 3.63) is 53.0 Å². The fraction of sp³-hybridized carbons (Fsp3) is 0.143. The van der Waals surface area contributed by atoms with Gasteiger partial charge in [0.1, 0.15) is 5.56 Å². The molecule has 0 amide bonds. The van der Waals surface area contributed by atoms with Crippen LogP contribution in [0, 0.1) is 19.7 Å². The Labute approximate surface area is 109 Å². The van der Waals surface area contributed by atoms with Crippen molar-refractivity contribution in [2.75, 3.05) is 0 Å². The van der Waals surface area contributed by atoms with Gasteiger partial charge in [-0.1, -0.05) is 12.1 Å². The number of nitrogens with zero attached hydrogens (tertiary/aromatic N) is 1. The van der Waals surface area contributed by atoms with E-state index in [2.05, 4.69) is 4.98 Å². The molecule has 0 aliphatic rings. The molecule has 2 aromatic rings. The number of aromatic carboxylic acids is 1. The molecule has 2 rings (SSSR count). The third kappa shape index (κ3) is 2.70. The van der Waals surface area contributed by atoms with Crippen LogP contribution in [0.2, 0.25) is 0 Å². The van der Waals surface area contributed by atoms with Gasteiger partial charge in [-0.2, -0.15) is 0 Å². The Hall–Kier alpha value is -2.43. The van der Waals surface area contributed by atoms with Crippen LogP contribution < -0.4 is 4.74 Å². The van der Waals surface area contributed by atoms with Crippen molar-refractivity contribution in [1.82, 2.24) is 4.98 Å². The Morgan fingerprint density at radius 2 is 2.00 bits per heavy atom. The number of hydrogen-bond donors (Lipinski definition) is 1. The van der Waals surface area contributed by atoms with Crippen LogP contribution in [0.5, 0.6) is 11.6 Å². The standard InChI is InChI=1S/C14H12FNO3/c1-8-7-9(2)16-13(12(8)14(17)18)19-11-6-4-3-5-10(11)15/h3-7H,1-2H3,(H,17,18). The number of pyridine rings is 1. The minimum Gasteiger partial charge on any atom is -0.477 e. The number of hydrogen-bond acceptors (Lipinski definition) is 3. The smallest absolute Gasteiger partial charge is 0.341 e. The average Bonchev–Trinajstić information content (AvgIpc) is 2.30. The Morgan fingerprint density at radius 3 is 2.63 bits per heavy atom. The van der Waals surface area contributed by atoms with Crippen molar-refractivity contribution in [2.24, 2.45) is 0 Å². The van der Waals surface area contributed by atoms with Crippen LogP contribution in [0.25, 0.3) is 0 Å². The summed E-state index contributed by atoms with van der Waals surface area (Å²) < 4.78 is 18.8. The van der Waals surface area contributed by atoms with Gasteiger partial charge in [0.05, 0.1) is 0 Å².